The lowest BCUT2D eigenvalue weighted by Crippen LogP contribution is -2.46. The van der Waals surface area contributed by atoms with Gasteiger partial charge in [-0.25, -0.2) is 23.4 Å². The van der Waals surface area contributed by atoms with Crippen LogP contribution >= 0.6 is 0 Å². The fourth-order valence-electron chi connectivity index (χ4n) is 2.74. The second kappa shape index (κ2) is 6.50. The van der Waals surface area contributed by atoms with Crippen molar-refractivity contribution >= 4 is 17.7 Å². The van der Waals surface area contributed by atoms with Gasteiger partial charge in [0.25, 0.3) is 0 Å². The second-order valence-electron chi connectivity index (χ2n) is 5.72. The van der Waals surface area contributed by atoms with Gasteiger partial charge in [-0.2, -0.15) is 0 Å². The number of amides is 2. The van der Waals surface area contributed by atoms with Crippen LogP contribution in [-0.2, 0) is 17.8 Å². The maximum Gasteiger partial charge on any atom is 0.358 e. The molecule has 1 aliphatic heterocycles. The average molecular weight is 350 g/mol. The van der Waals surface area contributed by atoms with Gasteiger partial charge in [0.2, 0.25) is 0 Å². The van der Waals surface area contributed by atoms with E-state index < -0.39 is 23.6 Å². The average Bonchev–Trinajstić information content (AvgIpc) is 2.99. The number of carbonyl (C=O) groups is 2. The first-order valence-corrected chi connectivity index (χ1v) is 7.55. The molecular weight excluding hydrogens is 334 g/mol. The van der Waals surface area contributed by atoms with E-state index in [1.165, 1.54) is 24.4 Å². The SMILES string of the molecule is COC(=O)c1ncn2c1CN(C(=O)Nc1ccc(F)c(F)c1)[C@@H](C)C2. The van der Waals surface area contributed by atoms with E-state index in [1.54, 1.807) is 4.57 Å². The molecule has 2 aromatic rings. The van der Waals surface area contributed by atoms with Crippen LogP contribution in [0.15, 0.2) is 24.5 Å². The van der Waals surface area contributed by atoms with Crippen molar-refractivity contribution in [3.8, 4) is 0 Å². The van der Waals surface area contributed by atoms with Crippen LogP contribution < -0.4 is 5.32 Å². The highest BCUT2D eigenvalue weighted by molar-refractivity contribution is 5.91. The summed E-state index contributed by atoms with van der Waals surface area (Å²) in [5, 5.41) is 2.53. The van der Waals surface area contributed by atoms with Crippen molar-refractivity contribution in [3.05, 3.63) is 47.5 Å². The number of methoxy groups -OCH3 is 1. The van der Waals surface area contributed by atoms with E-state index in [2.05, 4.69) is 10.3 Å². The molecule has 0 saturated heterocycles. The Kier molecular flexibility index (Phi) is 4.39. The number of nitrogens with one attached hydrogen (secondary N) is 1. The summed E-state index contributed by atoms with van der Waals surface area (Å²) in [6.07, 6.45) is 1.53. The summed E-state index contributed by atoms with van der Waals surface area (Å²) < 4.78 is 32.7. The van der Waals surface area contributed by atoms with Gasteiger partial charge in [-0.05, 0) is 19.1 Å². The smallest absolute Gasteiger partial charge is 0.358 e. The number of benzene rings is 1. The van der Waals surface area contributed by atoms with Crippen LogP contribution in [-0.4, -0.2) is 39.6 Å². The van der Waals surface area contributed by atoms with E-state index in [-0.39, 0.29) is 24.0 Å². The predicted molar refractivity (Wildman–Crippen MR) is 83.9 cm³/mol. The Labute approximate surface area is 142 Å². The Morgan fingerprint density at radius 2 is 2.08 bits per heavy atom. The Morgan fingerprint density at radius 1 is 1.32 bits per heavy atom. The number of esters is 1. The van der Waals surface area contributed by atoms with E-state index in [9.17, 15) is 18.4 Å². The van der Waals surface area contributed by atoms with E-state index in [4.69, 9.17) is 4.74 Å². The number of nitrogens with zero attached hydrogens (tertiary/aromatic N) is 3. The van der Waals surface area contributed by atoms with Crippen molar-refractivity contribution in [2.24, 2.45) is 0 Å². The molecule has 0 saturated carbocycles. The summed E-state index contributed by atoms with van der Waals surface area (Å²) in [6, 6.07) is 2.45. The zero-order chi connectivity index (χ0) is 18.1. The van der Waals surface area contributed by atoms with Crippen molar-refractivity contribution < 1.29 is 23.1 Å². The Bertz CT molecular complexity index is 837. The van der Waals surface area contributed by atoms with Crippen molar-refractivity contribution in [1.29, 1.82) is 0 Å². The molecule has 0 unspecified atom stereocenters. The summed E-state index contributed by atoms with van der Waals surface area (Å²) >= 11 is 0. The van der Waals surface area contributed by atoms with Crippen LogP contribution in [0.5, 0.6) is 0 Å². The minimum Gasteiger partial charge on any atom is -0.464 e. The van der Waals surface area contributed by atoms with E-state index >= 15 is 0 Å². The molecule has 1 aliphatic rings. The number of anilines is 1. The molecule has 1 N–H and O–H groups in total. The standard InChI is InChI=1S/C16H16F2N4O3/c1-9-6-21-8-19-14(15(23)25-2)13(21)7-22(9)16(24)20-10-3-4-11(17)12(18)5-10/h3-5,8-9H,6-7H2,1-2H3,(H,20,24)/t9-/m0/s1. The summed E-state index contributed by atoms with van der Waals surface area (Å²) in [6.45, 7) is 2.43. The van der Waals surface area contributed by atoms with Crippen molar-refractivity contribution in [2.75, 3.05) is 12.4 Å². The molecule has 1 aromatic carbocycles. The summed E-state index contributed by atoms with van der Waals surface area (Å²) in [7, 11) is 1.26. The summed E-state index contributed by atoms with van der Waals surface area (Å²) in [5.41, 5.74) is 0.855. The van der Waals surface area contributed by atoms with Gasteiger partial charge in [-0.15, -0.1) is 0 Å². The fourth-order valence-corrected chi connectivity index (χ4v) is 2.74. The highest BCUT2D eigenvalue weighted by Crippen LogP contribution is 2.22. The zero-order valence-electron chi connectivity index (χ0n) is 13.6. The molecule has 0 bridgehead atoms. The topological polar surface area (TPSA) is 76.5 Å². The fraction of sp³-hybridized carbons (Fsp3) is 0.312. The number of fused-ring (bicyclic) bond motifs is 1. The van der Waals surface area contributed by atoms with Crippen LogP contribution in [0.2, 0.25) is 0 Å². The van der Waals surface area contributed by atoms with Crippen LogP contribution in [0, 0.1) is 11.6 Å². The number of hydrogen-bond acceptors (Lipinski definition) is 4. The van der Waals surface area contributed by atoms with Crippen molar-refractivity contribution in [1.82, 2.24) is 14.5 Å². The molecule has 0 radical (unpaired) electrons. The Hall–Kier alpha value is -2.97. The van der Waals surface area contributed by atoms with Gasteiger partial charge < -0.3 is 19.5 Å². The maximum absolute atomic E-state index is 13.3. The quantitative estimate of drug-likeness (QED) is 0.844. The monoisotopic (exact) mass is 350 g/mol. The number of aromatic nitrogens is 2. The Morgan fingerprint density at radius 3 is 2.76 bits per heavy atom. The largest absolute Gasteiger partial charge is 0.464 e. The molecule has 0 aliphatic carbocycles. The highest BCUT2D eigenvalue weighted by Gasteiger charge is 2.31. The molecule has 25 heavy (non-hydrogen) atoms. The summed E-state index contributed by atoms with van der Waals surface area (Å²) in [4.78, 5) is 29.8. The van der Waals surface area contributed by atoms with E-state index in [1.807, 2.05) is 6.92 Å². The third-order valence-electron chi connectivity index (χ3n) is 4.07. The molecular formula is C16H16F2N4O3. The Balaban J connectivity index is 1.80. The molecule has 1 aromatic heterocycles. The number of rotatable bonds is 2. The molecule has 0 spiro atoms. The number of halogens is 2. The van der Waals surface area contributed by atoms with Crippen molar-refractivity contribution in [2.45, 2.75) is 26.1 Å². The van der Waals surface area contributed by atoms with E-state index in [0.29, 0.717) is 12.2 Å². The number of ether oxygens (including phenoxy) is 1. The van der Waals surface area contributed by atoms with Gasteiger partial charge in [0.15, 0.2) is 17.3 Å². The molecule has 132 valence electrons. The molecule has 3 rings (SSSR count). The van der Waals surface area contributed by atoms with Crippen LogP contribution in [0.1, 0.15) is 23.1 Å². The van der Waals surface area contributed by atoms with Gasteiger partial charge in [-0.3, -0.25) is 0 Å². The first-order chi connectivity index (χ1) is 11.9. The van der Waals surface area contributed by atoms with Gasteiger partial charge in [-0.1, -0.05) is 0 Å². The molecule has 0 fully saturated rings. The highest BCUT2D eigenvalue weighted by atomic mass is 19.2. The molecule has 9 heteroatoms. The molecule has 2 amide bonds. The lowest BCUT2D eigenvalue weighted by molar-refractivity contribution is 0.0589. The molecule has 1 atom stereocenters. The first-order valence-electron chi connectivity index (χ1n) is 7.55. The normalized spacial score (nSPS) is 16.3. The third kappa shape index (κ3) is 3.17. The van der Waals surface area contributed by atoms with Gasteiger partial charge in [0.1, 0.15) is 0 Å². The zero-order valence-corrected chi connectivity index (χ0v) is 13.6. The van der Waals surface area contributed by atoms with E-state index in [0.717, 1.165) is 12.1 Å². The van der Waals surface area contributed by atoms with Gasteiger partial charge in [0, 0.05) is 24.3 Å². The van der Waals surface area contributed by atoms with Crippen LogP contribution in [0.25, 0.3) is 0 Å². The summed E-state index contributed by atoms with van der Waals surface area (Å²) in [5.74, 6) is -2.62. The second-order valence-corrected chi connectivity index (χ2v) is 5.72. The lowest BCUT2D eigenvalue weighted by atomic mass is 10.1. The number of imidazole rings is 1. The molecule has 2 heterocycles. The van der Waals surface area contributed by atoms with Crippen molar-refractivity contribution in [3.63, 3.8) is 0 Å². The minimum absolute atomic E-state index is 0.140. The van der Waals surface area contributed by atoms with Crippen LogP contribution in [0.4, 0.5) is 19.3 Å². The number of hydrogen-bond donors (Lipinski definition) is 1. The number of urea groups is 1. The first kappa shape index (κ1) is 16.9. The lowest BCUT2D eigenvalue weighted by Gasteiger charge is -2.34. The molecule has 7 nitrogen and oxygen atoms in total. The van der Waals surface area contributed by atoms with Gasteiger partial charge >= 0.3 is 12.0 Å². The third-order valence-corrected chi connectivity index (χ3v) is 4.07. The maximum atomic E-state index is 13.3. The predicted octanol–water partition coefficient (Wildman–Crippen LogP) is 2.38. The van der Waals surface area contributed by atoms with Gasteiger partial charge in [0.05, 0.1) is 25.7 Å². The number of carbonyl (C=O) groups excluding carboxylic acids is 2. The van der Waals surface area contributed by atoms with Crippen LogP contribution in [0.3, 0.4) is 0 Å². The minimum atomic E-state index is -1.05.